The number of amides is 1. The largest absolute Gasteiger partial charge is 0.573 e. The molecule has 3 rings (SSSR count). The van der Waals surface area contributed by atoms with Crippen molar-refractivity contribution < 1.29 is 27.4 Å². The summed E-state index contributed by atoms with van der Waals surface area (Å²) >= 11 is 5.95. The molecule has 2 aromatic rings. The fourth-order valence-corrected chi connectivity index (χ4v) is 3.25. The van der Waals surface area contributed by atoms with Gasteiger partial charge in [-0.25, -0.2) is 0 Å². The zero-order valence-electron chi connectivity index (χ0n) is 14.9. The number of nitrogens with zero attached hydrogens (tertiary/aromatic N) is 1. The van der Waals surface area contributed by atoms with E-state index < -0.39 is 6.36 Å². The van der Waals surface area contributed by atoms with Crippen LogP contribution >= 0.6 is 11.6 Å². The molecule has 0 N–H and O–H groups in total. The predicted octanol–water partition coefficient (Wildman–Crippen LogP) is 5.06. The van der Waals surface area contributed by atoms with E-state index in [-0.39, 0.29) is 24.4 Å². The molecule has 1 saturated heterocycles. The first kappa shape index (κ1) is 20.5. The molecule has 0 aliphatic carbocycles. The first-order valence-corrected chi connectivity index (χ1v) is 9.19. The number of carbonyl (C=O) groups excluding carboxylic acids is 1. The van der Waals surface area contributed by atoms with Gasteiger partial charge in [-0.3, -0.25) is 4.79 Å². The summed E-state index contributed by atoms with van der Waals surface area (Å²) in [5.74, 6) is -0.364. The number of hydrogen-bond donors (Lipinski definition) is 0. The van der Waals surface area contributed by atoms with E-state index in [1.807, 2.05) is 0 Å². The predicted molar refractivity (Wildman–Crippen MR) is 98.3 cm³/mol. The first-order valence-electron chi connectivity index (χ1n) is 8.81. The van der Waals surface area contributed by atoms with Crippen molar-refractivity contribution in [1.29, 1.82) is 0 Å². The maximum atomic E-state index is 12.6. The molecule has 150 valence electrons. The zero-order chi connectivity index (χ0) is 20.1. The third-order valence-electron chi connectivity index (χ3n) is 4.38. The van der Waals surface area contributed by atoms with Crippen molar-refractivity contribution >= 4 is 17.5 Å². The SMILES string of the molecule is O=C(c1cccc(Cl)c1)N1CCC[C@@H](OCc2ccc(OC(F)(F)F)cc2)C1. The van der Waals surface area contributed by atoms with E-state index in [0.717, 1.165) is 18.4 Å². The van der Waals surface area contributed by atoms with Crippen LogP contribution in [0, 0.1) is 0 Å². The van der Waals surface area contributed by atoms with E-state index in [1.54, 1.807) is 29.2 Å². The average molecular weight is 414 g/mol. The lowest BCUT2D eigenvalue weighted by Crippen LogP contribution is -2.43. The van der Waals surface area contributed by atoms with Gasteiger partial charge in [0.15, 0.2) is 0 Å². The number of rotatable bonds is 5. The van der Waals surface area contributed by atoms with Crippen LogP contribution in [0.3, 0.4) is 0 Å². The van der Waals surface area contributed by atoms with E-state index in [4.69, 9.17) is 16.3 Å². The number of halogens is 4. The van der Waals surface area contributed by atoms with E-state index in [2.05, 4.69) is 4.74 Å². The molecule has 1 heterocycles. The molecule has 28 heavy (non-hydrogen) atoms. The summed E-state index contributed by atoms with van der Waals surface area (Å²) < 4.78 is 46.3. The molecular formula is C20H19ClF3NO3. The second-order valence-electron chi connectivity index (χ2n) is 6.53. The molecule has 1 aliphatic heterocycles. The zero-order valence-corrected chi connectivity index (χ0v) is 15.7. The normalized spacial score (nSPS) is 17.4. The summed E-state index contributed by atoms with van der Waals surface area (Å²) in [6.45, 7) is 1.35. The van der Waals surface area contributed by atoms with Crippen LogP contribution in [0.5, 0.6) is 5.75 Å². The molecule has 0 spiro atoms. The highest BCUT2D eigenvalue weighted by molar-refractivity contribution is 6.30. The topological polar surface area (TPSA) is 38.8 Å². The minimum absolute atomic E-state index is 0.0931. The Kier molecular flexibility index (Phi) is 6.46. The lowest BCUT2D eigenvalue weighted by molar-refractivity contribution is -0.274. The van der Waals surface area contributed by atoms with Crippen LogP contribution in [0.2, 0.25) is 5.02 Å². The van der Waals surface area contributed by atoms with Crippen molar-refractivity contribution in [3.63, 3.8) is 0 Å². The molecule has 0 saturated carbocycles. The third-order valence-corrected chi connectivity index (χ3v) is 4.61. The van der Waals surface area contributed by atoms with Crippen molar-refractivity contribution in [3.05, 3.63) is 64.7 Å². The Morgan fingerprint density at radius 3 is 2.61 bits per heavy atom. The van der Waals surface area contributed by atoms with Gasteiger partial charge in [0, 0.05) is 23.7 Å². The van der Waals surface area contributed by atoms with E-state index in [0.29, 0.717) is 23.7 Å². The molecular weight excluding hydrogens is 395 g/mol. The molecule has 0 unspecified atom stereocenters. The van der Waals surface area contributed by atoms with Crippen LogP contribution in [0.15, 0.2) is 48.5 Å². The van der Waals surface area contributed by atoms with Crippen LogP contribution < -0.4 is 4.74 Å². The van der Waals surface area contributed by atoms with Gasteiger partial charge < -0.3 is 14.4 Å². The second kappa shape index (κ2) is 8.84. The van der Waals surface area contributed by atoms with Crippen LogP contribution in [-0.2, 0) is 11.3 Å². The van der Waals surface area contributed by atoms with E-state index in [9.17, 15) is 18.0 Å². The summed E-state index contributed by atoms with van der Waals surface area (Å²) in [5.41, 5.74) is 1.27. The second-order valence-corrected chi connectivity index (χ2v) is 6.96. The number of benzene rings is 2. The Balaban J connectivity index is 1.53. The number of hydrogen-bond acceptors (Lipinski definition) is 3. The van der Waals surface area contributed by atoms with Gasteiger partial charge in [-0.05, 0) is 48.7 Å². The molecule has 2 aromatic carbocycles. The standard InChI is InChI=1S/C20H19ClF3NO3/c21-16-4-1-3-15(11-16)19(26)25-10-2-5-18(12-25)27-13-14-6-8-17(9-7-14)28-20(22,23)24/h1,3-4,6-9,11,18H,2,5,10,12-13H2/t18-/m1/s1. The molecule has 0 bridgehead atoms. The lowest BCUT2D eigenvalue weighted by Gasteiger charge is -2.32. The van der Waals surface area contributed by atoms with Crippen molar-refractivity contribution in [2.24, 2.45) is 0 Å². The number of ether oxygens (including phenoxy) is 2. The molecule has 1 aliphatic rings. The highest BCUT2D eigenvalue weighted by Crippen LogP contribution is 2.24. The van der Waals surface area contributed by atoms with Crippen molar-refractivity contribution in [1.82, 2.24) is 4.90 Å². The Morgan fingerprint density at radius 2 is 1.93 bits per heavy atom. The van der Waals surface area contributed by atoms with Gasteiger partial charge in [0.2, 0.25) is 0 Å². The quantitative estimate of drug-likeness (QED) is 0.687. The van der Waals surface area contributed by atoms with Gasteiger partial charge in [0.1, 0.15) is 5.75 Å². The first-order chi connectivity index (χ1) is 13.3. The Labute approximate surface area is 165 Å². The molecule has 0 radical (unpaired) electrons. The summed E-state index contributed by atoms with van der Waals surface area (Å²) in [6.07, 6.45) is -3.22. The molecule has 1 amide bonds. The van der Waals surface area contributed by atoms with Crippen molar-refractivity contribution in [2.75, 3.05) is 13.1 Å². The minimum atomic E-state index is -4.71. The van der Waals surface area contributed by atoms with Crippen LogP contribution in [0.25, 0.3) is 0 Å². The summed E-state index contributed by atoms with van der Waals surface area (Å²) in [7, 11) is 0. The van der Waals surface area contributed by atoms with Crippen LogP contribution in [0.1, 0.15) is 28.8 Å². The number of piperidine rings is 1. The number of likely N-dealkylation sites (tertiary alicyclic amines) is 1. The summed E-state index contributed by atoms with van der Waals surface area (Å²) in [4.78, 5) is 14.4. The maximum absolute atomic E-state index is 12.6. The van der Waals surface area contributed by atoms with Crippen LogP contribution in [0.4, 0.5) is 13.2 Å². The van der Waals surface area contributed by atoms with Gasteiger partial charge in [0.05, 0.1) is 12.7 Å². The third kappa shape index (κ3) is 5.87. The summed E-state index contributed by atoms with van der Waals surface area (Å²) in [6, 6.07) is 12.4. The molecule has 8 heteroatoms. The average Bonchev–Trinajstić information content (AvgIpc) is 2.66. The van der Waals surface area contributed by atoms with Crippen molar-refractivity contribution in [2.45, 2.75) is 31.9 Å². The number of alkyl halides is 3. The van der Waals surface area contributed by atoms with E-state index in [1.165, 1.54) is 24.3 Å². The van der Waals surface area contributed by atoms with Gasteiger partial charge >= 0.3 is 6.36 Å². The highest BCUT2D eigenvalue weighted by Gasteiger charge is 2.31. The molecule has 4 nitrogen and oxygen atoms in total. The Hall–Kier alpha value is -2.25. The Morgan fingerprint density at radius 1 is 1.18 bits per heavy atom. The maximum Gasteiger partial charge on any atom is 0.573 e. The Bertz CT molecular complexity index is 811. The molecule has 1 fully saturated rings. The minimum Gasteiger partial charge on any atom is -0.406 e. The van der Waals surface area contributed by atoms with Gasteiger partial charge in [-0.2, -0.15) is 0 Å². The van der Waals surface area contributed by atoms with Gasteiger partial charge in [-0.15, -0.1) is 13.2 Å². The van der Waals surface area contributed by atoms with Gasteiger partial charge in [0.25, 0.3) is 5.91 Å². The number of carbonyl (C=O) groups is 1. The fraction of sp³-hybridized carbons (Fsp3) is 0.350. The lowest BCUT2D eigenvalue weighted by atomic mass is 10.1. The smallest absolute Gasteiger partial charge is 0.406 e. The van der Waals surface area contributed by atoms with E-state index >= 15 is 0 Å². The monoisotopic (exact) mass is 413 g/mol. The van der Waals surface area contributed by atoms with Crippen molar-refractivity contribution in [3.8, 4) is 5.75 Å². The molecule has 1 atom stereocenters. The van der Waals surface area contributed by atoms with Gasteiger partial charge in [-0.1, -0.05) is 29.8 Å². The fourth-order valence-electron chi connectivity index (χ4n) is 3.06. The molecule has 0 aromatic heterocycles. The summed E-state index contributed by atoms with van der Waals surface area (Å²) in [5, 5.41) is 0.508. The van der Waals surface area contributed by atoms with Crippen LogP contribution in [-0.4, -0.2) is 36.4 Å². The highest BCUT2D eigenvalue weighted by atomic mass is 35.5.